The van der Waals surface area contributed by atoms with Crippen LogP contribution < -0.4 is 25.8 Å². The molecule has 2 rings (SSSR count). The number of ether oxygens (including phenoxy) is 2. The average molecular weight is 459 g/mol. The van der Waals surface area contributed by atoms with Crippen LogP contribution in [0.4, 0.5) is 5.69 Å². The molecule has 0 saturated heterocycles. The molecular weight excluding hydrogens is 412 g/mol. The number of anilines is 1. The predicted molar refractivity (Wildman–Crippen MR) is 141 cm³/mol. The lowest BCUT2D eigenvalue weighted by molar-refractivity contribution is 0.289. The van der Waals surface area contributed by atoms with Crippen molar-refractivity contribution in [2.75, 3.05) is 32.1 Å². The van der Waals surface area contributed by atoms with Crippen molar-refractivity contribution in [1.29, 1.82) is 0 Å². The summed E-state index contributed by atoms with van der Waals surface area (Å²) in [6.07, 6.45) is 10.6. The maximum atomic E-state index is 6.27. The van der Waals surface area contributed by atoms with Crippen LogP contribution in [0.2, 0.25) is 0 Å². The highest BCUT2D eigenvalue weighted by Gasteiger charge is 2.19. The minimum atomic E-state index is 0.322. The number of fused-ring (bicyclic) bond motifs is 1. The third-order valence-corrected chi connectivity index (χ3v) is 6.16. The summed E-state index contributed by atoms with van der Waals surface area (Å²) < 4.78 is 12.0. The Kier molecular flexibility index (Phi) is 12.3. The maximum absolute atomic E-state index is 6.27. The minimum Gasteiger partial charge on any atom is -0.493 e. The Labute approximate surface area is 201 Å². The van der Waals surface area contributed by atoms with Crippen molar-refractivity contribution in [2.45, 2.75) is 91.1 Å². The molecule has 186 valence electrons. The van der Waals surface area contributed by atoms with Gasteiger partial charge < -0.3 is 25.8 Å². The number of methoxy groups -OCH3 is 1. The Hall–Kier alpha value is -2.05. The second kappa shape index (κ2) is 15.0. The van der Waals surface area contributed by atoms with Crippen LogP contribution in [-0.2, 0) is 6.42 Å². The van der Waals surface area contributed by atoms with E-state index in [2.05, 4.69) is 44.4 Å². The Morgan fingerprint density at radius 2 is 1.85 bits per heavy atom. The molecule has 0 aliphatic carbocycles. The van der Waals surface area contributed by atoms with Gasteiger partial charge >= 0.3 is 0 Å². The Morgan fingerprint density at radius 1 is 1.06 bits per heavy atom. The number of aromatic nitrogens is 1. The van der Waals surface area contributed by atoms with E-state index in [0.29, 0.717) is 18.7 Å². The Morgan fingerprint density at radius 3 is 2.55 bits per heavy atom. The van der Waals surface area contributed by atoms with Gasteiger partial charge in [0.15, 0.2) is 11.5 Å². The number of benzene rings is 1. The number of rotatable bonds is 17. The number of hydrogen-bond acceptors (Lipinski definition) is 6. The van der Waals surface area contributed by atoms with E-state index in [1.165, 1.54) is 12.0 Å². The number of nitrogens with zero attached hydrogens (tertiary/aromatic N) is 1. The quantitative estimate of drug-likeness (QED) is 0.265. The fourth-order valence-corrected chi connectivity index (χ4v) is 4.19. The lowest BCUT2D eigenvalue weighted by Crippen LogP contribution is -2.28. The topological polar surface area (TPSA) is 81.4 Å². The minimum absolute atomic E-state index is 0.322. The molecule has 0 radical (unpaired) electrons. The van der Waals surface area contributed by atoms with Crippen LogP contribution in [-0.4, -0.2) is 43.9 Å². The molecule has 0 spiro atoms. The molecule has 6 nitrogen and oxygen atoms in total. The standard InChI is InChI=1S/C27H46N4O2/c1-6-8-9-18-33-27-24(32-5)19-23(26-25(27)22(7-2)14-17-30-26)31-21(4)13-11-16-29-20(3)12-10-15-28/h14,17,19-21,29,31H,6-13,15-16,18,28H2,1-5H3. The van der Waals surface area contributed by atoms with E-state index in [0.717, 1.165) is 86.1 Å². The zero-order valence-electron chi connectivity index (χ0n) is 21.5. The average Bonchev–Trinajstić information content (AvgIpc) is 2.83. The van der Waals surface area contributed by atoms with E-state index in [1.807, 2.05) is 12.3 Å². The summed E-state index contributed by atoms with van der Waals surface area (Å²) >= 11 is 0. The van der Waals surface area contributed by atoms with Gasteiger partial charge in [-0.15, -0.1) is 0 Å². The van der Waals surface area contributed by atoms with Crippen molar-refractivity contribution in [3.8, 4) is 11.5 Å². The largest absolute Gasteiger partial charge is 0.493 e. The lowest BCUT2D eigenvalue weighted by atomic mass is 10.0. The fourth-order valence-electron chi connectivity index (χ4n) is 4.19. The third-order valence-electron chi connectivity index (χ3n) is 6.16. The van der Waals surface area contributed by atoms with Crippen LogP contribution in [0.3, 0.4) is 0 Å². The number of nitrogens with two attached hydrogens (primary N) is 1. The second-order valence-corrected chi connectivity index (χ2v) is 9.03. The van der Waals surface area contributed by atoms with E-state index in [9.17, 15) is 0 Å². The van der Waals surface area contributed by atoms with Gasteiger partial charge in [0.25, 0.3) is 0 Å². The first-order chi connectivity index (χ1) is 16.0. The molecule has 33 heavy (non-hydrogen) atoms. The van der Waals surface area contributed by atoms with Crippen LogP contribution in [0.25, 0.3) is 10.9 Å². The monoisotopic (exact) mass is 458 g/mol. The molecule has 0 aliphatic heterocycles. The first-order valence-electron chi connectivity index (χ1n) is 12.9. The summed E-state index contributed by atoms with van der Waals surface area (Å²) in [4.78, 5) is 4.75. The van der Waals surface area contributed by atoms with E-state index in [1.54, 1.807) is 7.11 Å². The van der Waals surface area contributed by atoms with Crippen molar-refractivity contribution in [1.82, 2.24) is 10.3 Å². The number of pyridine rings is 1. The van der Waals surface area contributed by atoms with Gasteiger partial charge in [-0.05, 0) is 77.1 Å². The Balaban J connectivity index is 2.14. The highest BCUT2D eigenvalue weighted by molar-refractivity contribution is 5.99. The van der Waals surface area contributed by atoms with E-state index >= 15 is 0 Å². The van der Waals surface area contributed by atoms with Crippen LogP contribution in [0.1, 0.15) is 78.2 Å². The van der Waals surface area contributed by atoms with Crippen molar-refractivity contribution >= 4 is 16.6 Å². The summed E-state index contributed by atoms with van der Waals surface area (Å²) in [6.45, 7) is 11.3. The van der Waals surface area contributed by atoms with E-state index in [4.69, 9.17) is 20.2 Å². The van der Waals surface area contributed by atoms with Crippen LogP contribution >= 0.6 is 0 Å². The van der Waals surface area contributed by atoms with Crippen molar-refractivity contribution < 1.29 is 9.47 Å². The number of hydrogen-bond donors (Lipinski definition) is 3. The first-order valence-corrected chi connectivity index (χ1v) is 12.9. The molecule has 0 amide bonds. The second-order valence-electron chi connectivity index (χ2n) is 9.03. The SMILES string of the molecule is CCCCCOc1c(OC)cc(NC(C)CCCNC(C)CCCN)c2nccc(CC)c12. The molecule has 1 heterocycles. The smallest absolute Gasteiger partial charge is 0.170 e. The molecule has 0 aliphatic rings. The van der Waals surface area contributed by atoms with Crippen molar-refractivity contribution in [3.05, 3.63) is 23.9 Å². The fraction of sp³-hybridized carbons (Fsp3) is 0.667. The molecule has 2 unspecified atom stereocenters. The lowest BCUT2D eigenvalue weighted by Gasteiger charge is -2.21. The molecule has 2 aromatic rings. The normalized spacial score (nSPS) is 13.2. The number of nitrogens with one attached hydrogen (secondary N) is 2. The molecular formula is C27H46N4O2. The van der Waals surface area contributed by atoms with Crippen molar-refractivity contribution in [2.24, 2.45) is 5.73 Å². The first kappa shape index (κ1) is 27.2. The van der Waals surface area contributed by atoms with Crippen LogP contribution in [0.5, 0.6) is 11.5 Å². The van der Waals surface area contributed by atoms with Crippen LogP contribution in [0.15, 0.2) is 18.3 Å². The van der Waals surface area contributed by atoms with Gasteiger partial charge in [0.05, 0.1) is 30.3 Å². The van der Waals surface area contributed by atoms with Gasteiger partial charge in [0.1, 0.15) is 0 Å². The third kappa shape index (κ3) is 8.35. The molecule has 0 fully saturated rings. The van der Waals surface area contributed by atoms with Gasteiger partial charge in [0, 0.05) is 24.3 Å². The summed E-state index contributed by atoms with van der Waals surface area (Å²) in [6, 6.07) is 4.98. The van der Waals surface area contributed by atoms with E-state index in [-0.39, 0.29) is 0 Å². The summed E-state index contributed by atoms with van der Waals surface area (Å²) in [5.41, 5.74) is 8.81. The highest BCUT2D eigenvalue weighted by atomic mass is 16.5. The molecule has 0 saturated carbocycles. The molecule has 4 N–H and O–H groups in total. The van der Waals surface area contributed by atoms with Gasteiger partial charge in [-0.1, -0.05) is 26.7 Å². The summed E-state index contributed by atoms with van der Waals surface area (Å²) in [5.74, 6) is 1.59. The van der Waals surface area contributed by atoms with Crippen molar-refractivity contribution in [3.63, 3.8) is 0 Å². The van der Waals surface area contributed by atoms with Gasteiger partial charge in [-0.3, -0.25) is 4.98 Å². The number of unbranched alkanes of at least 4 members (excludes halogenated alkanes) is 2. The summed E-state index contributed by atoms with van der Waals surface area (Å²) in [7, 11) is 1.72. The zero-order valence-corrected chi connectivity index (χ0v) is 21.5. The molecule has 0 bridgehead atoms. The maximum Gasteiger partial charge on any atom is 0.170 e. The van der Waals surface area contributed by atoms with Gasteiger partial charge in [-0.25, -0.2) is 0 Å². The molecule has 1 aromatic carbocycles. The molecule has 1 aromatic heterocycles. The molecule has 2 atom stereocenters. The van der Waals surface area contributed by atoms with E-state index < -0.39 is 0 Å². The van der Waals surface area contributed by atoms with Gasteiger partial charge in [0.2, 0.25) is 0 Å². The summed E-state index contributed by atoms with van der Waals surface area (Å²) in [5, 5.41) is 8.37. The predicted octanol–water partition coefficient (Wildman–Crippen LogP) is 5.67. The zero-order chi connectivity index (χ0) is 24.1. The van der Waals surface area contributed by atoms with Gasteiger partial charge in [-0.2, -0.15) is 0 Å². The van der Waals surface area contributed by atoms with Crippen LogP contribution in [0, 0.1) is 0 Å². The number of aryl methyl sites for hydroxylation is 1. The highest BCUT2D eigenvalue weighted by Crippen LogP contribution is 2.41. The Bertz CT molecular complexity index is 827. The molecule has 6 heteroatoms.